The van der Waals surface area contributed by atoms with Gasteiger partial charge >= 0.3 is 0 Å². The van der Waals surface area contributed by atoms with Gasteiger partial charge in [0.25, 0.3) is 0 Å². The van der Waals surface area contributed by atoms with E-state index in [1.807, 2.05) is 0 Å². The van der Waals surface area contributed by atoms with Crippen molar-refractivity contribution < 1.29 is 0 Å². The van der Waals surface area contributed by atoms with Crippen LogP contribution in [0, 0.1) is 0 Å². The average molecular weight is 258 g/mol. The molecule has 2 aliphatic carbocycles. The normalized spacial score (nSPS) is 26.4. The van der Waals surface area contributed by atoms with Gasteiger partial charge < -0.3 is 5.73 Å². The molecule has 0 fully saturated rings. The lowest BCUT2D eigenvalue weighted by molar-refractivity contribution is 0.543. The summed E-state index contributed by atoms with van der Waals surface area (Å²) in [7, 11) is 0. The first-order chi connectivity index (χ1) is 8.37. The number of rotatable bonds is 1. The topological polar surface area (TPSA) is 26.0 Å². The summed E-state index contributed by atoms with van der Waals surface area (Å²) in [4.78, 5) is 0. The van der Waals surface area contributed by atoms with E-state index in [4.69, 9.17) is 5.73 Å². The van der Waals surface area contributed by atoms with E-state index >= 15 is 0 Å². The first-order valence-corrected chi connectivity index (χ1v) is 6.26. The Hall–Kier alpha value is -1.31. The maximum atomic E-state index is 6.14. The molecule has 2 N–H and O–H groups in total. The molecule has 1 nitrogen and oxygen atoms in total. The van der Waals surface area contributed by atoms with Gasteiger partial charge in [0.15, 0.2) is 0 Å². The number of hydrogen-bond donors (Lipinski definition) is 1. The molecule has 0 saturated carbocycles. The molecule has 0 aromatic heterocycles. The molecule has 0 aliphatic heterocycles. The van der Waals surface area contributed by atoms with Crippen LogP contribution in [-0.4, -0.2) is 6.54 Å². The lowest BCUT2D eigenvalue weighted by Gasteiger charge is -2.29. The molecule has 92 valence electrons. The summed E-state index contributed by atoms with van der Waals surface area (Å²) in [6.45, 7) is 0.720. The van der Waals surface area contributed by atoms with Crippen LogP contribution in [-0.2, 0) is 5.41 Å². The Labute approximate surface area is 113 Å². The zero-order chi connectivity index (χ0) is 11.5. The van der Waals surface area contributed by atoms with Gasteiger partial charge in [-0.15, -0.1) is 12.4 Å². The molecule has 0 radical (unpaired) electrons. The number of fused-ring (bicyclic) bond motifs is 8. The van der Waals surface area contributed by atoms with Gasteiger partial charge in [0.05, 0.1) is 0 Å². The molecule has 0 amide bonds. The quantitative estimate of drug-likeness (QED) is 0.834. The zero-order valence-electron chi connectivity index (χ0n) is 10.1. The highest BCUT2D eigenvalue weighted by Crippen LogP contribution is 2.59. The average Bonchev–Trinajstić information content (AvgIpc) is 2.92. The zero-order valence-corrected chi connectivity index (χ0v) is 10.9. The summed E-state index contributed by atoms with van der Waals surface area (Å²) >= 11 is 0. The summed E-state index contributed by atoms with van der Waals surface area (Å²) in [5.74, 6) is 0.575. The maximum absolute atomic E-state index is 6.14. The highest BCUT2D eigenvalue weighted by atomic mass is 35.5. The van der Waals surface area contributed by atoms with E-state index < -0.39 is 0 Å². The minimum Gasteiger partial charge on any atom is -0.329 e. The Morgan fingerprint density at radius 2 is 1.44 bits per heavy atom. The molecule has 2 aromatic rings. The van der Waals surface area contributed by atoms with E-state index in [0.717, 1.165) is 6.54 Å². The number of nitrogens with two attached hydrogens (primary N) is 1. The largest absolute Gasteiger partial charge is 0.329 e. The molecule has 4 rings (SSSR count). The van der Waals surface area contributed by atoms with Crippen LogP contribution in [0.5, 0.6) is 0 Å². The van der Waals surface area contributed by atoms with Gasteiger partial charge in [-0.25, -0.2) is 0 Å². The van der Waals surface area contributed by atoms with Crippen LogP contribution in [0.15, 0.2) is 48.5 Å². The monoisotopic (exact) mass is 257 g/mol. The van der Waals surface area contributed by atoms with Gasteiger partial charge in [-0.3, -0.25) is 0 Å². The molecule has 0 spiro atoms. The summed E-state index contributed by atoms with van der Waals surface area (Å²) in [5, 5.41) is 0. The third-order valence-corrected chi connectivity index (χ3v) is 4.60. The first-order valence-electron chi connectivity index (χ1n) is 6.26. The fourth-order valence-electron chi connectivity index (χ4n) is 3.88. The minimum atomic E-state index is 0. The van der Waals surface area contributed by atoms with Gasteiger partial charge in [-0.2, -0.15) is 0 Å². The standard InChI is InChI=1S/C16H15N.ClH/c17-10-16-9-13(11-5-1-3-7-14(11)16)12-6-2-4-8-15(12)16;/h1-8,13H,9-10,17H2;1H. The van der Waals surface area contributed by atoms with Crippen molar-refractivity contribution in [3.63, 3.8) is 0 Å². The van der Waals surface area contributed by atoms with Crippen LogP contribution < -0.4 is 5.73 Å². The fraction of sp³-hybridized carbons (Fsp3) is 0.250. The van der Waals surface area contributed by atoms with Crippen LogP contribution >= 0.6 is 12.4 Å². The second kappa shape index (κ2) is 3.84. The molecule has 0 unspecified atom stereocenters. The fourth-order valence-corrected chi connectivity index (χ4v) is 3.88. The van der Waals surface area contributed by atoms with Crippen LogP contribution in [0.2, 0.25) is 0 Å². The highest BCUT2D eigenvalue weighted by molar-refractivity contribution is 5.85. The van der Waals surface area contributed by atoms with Gasteiger partial charge in [-0.05, 0) is 28.7 Å². The van der Waals surface area contributed by atoms with Crippen molar-refractivity contribution in [3.8, 4) is 0 Å². The van der Waals surface area contributed by atoms with Gasteiger partial charge in [-0.1, -0.05) is 48.5 Å². The molecule has 2 heteroatoms. The number of halogens is 1. The minimum absolute atomic E-state index is 0. The molecule has 2 aromatic carbocycles. The summed E-state index contributed by atoms with van der Waals surface area (Å²) in [6, 6.07) is 17.6. The summed E-state index contributed by atoms with van der Waals surface area (Å²) < 4.78 is 0. The number of benzene rings is 2. The van der Waals surface area contributed by atoms with Crippen molar-refractivity contribution in [2.75, 3.05) is 6.54 Å². The van der Waals surface area contributed by atoms with Crippen LogP contribution in [0.25, 0.3) is 0 Å². The molecular formula is C16H16ClN. The number of hydrogen-bond acceptors (Lipinski definition) is 1. The Kier molecular flexibility index (Phi) is 2.51. The SMILES string of the molecule is Cl.NCC12CC(c3ccccc31)c1ccccc12. The first kappa shape index (κ1) is 11.8. The lowest BCUT2D eigenvalue weighted by Crippen LogP contribution is -2.33. The molecule has 0 heterocycles. The van der Waals surface area contributed by atoms with E-state index in [-0.39, 0.29) is 17.8 Å². The van der Waals surface area contributed by atoms with Crippen molar-refractivity contribution in [1.82, 2.24) is 0 Å². The Balaban J connectivity index is 0.000001000. The van der Waals surface area contributed by atoms with E-state index in [1.165, 1.54) is 28.7 Å². The van der Waals surface area contributed by atoms with Crippen LogP contribution in [0.1, 0.15) is 34.6 Å². The Morgan fingerprint density at radius 1 is 0.944 bits per heavy atom. The van der Waals surface area contributed by atoms with Crippen molar-refractivity contribution in [1.29, 1.82) is 0 Å². The summed E-state index contributed by atoms with van der Waals surface area (Å²) in [6.07, 6.45) is 1.17. The van der Waals surface area contributed by atoms with E-state index in [9.17, 15) is 0 Å². The molecule has 0 atom stereocenters. The van der Waals surface area contributed by atoms with Crippen molar-refractivity contribution in [3.05, 3.63) is 70.8 Å². The second-order valence-corrected chi connectivity index (χ2v) is 5.22. The smallest absolute Gasteiger partial charge is 0.0339 e. The molecule has 2 aliphatic rings. The van der Waals surface area contributed by atoms with Gasteiger partial charge in [0, 0.05) is 17.9 Å². The third-order valence-electron chi connectivity index (χ3n) is 4.60. The Morgan fingerprint density at radius 3 is 1.94 bits per heavy atom. The third kappa shape index (κ3) is 1.16. The molecule has 2 bridgehead atoms. The van der Waals surface area contributed by atoms with Crippen LogP contribution in [0.4, 0.5) is 0 Å². The highest BCUT2D eigenvalue weighted by Gasteiger charge is 2.51. The van der Waals surface area contributed by atoms with E-state index in [2.05, 4.69) is 48.5 Å². The van der Waals surface area contributed by atoms with E-state index in [0.29, 0.717) is 5.92 Å². The molecule has 18 heavy (non-hydrogen) atoms. The lowest BCUT2D eigenvalue weighted by atomic mass is 9.75. The summed E-state index contributed by atoms with van der Waals surface area (Å²) in [5.41, 5.74) is 12.2. The predicted molar refractivity (Wildman–Crippen MR) is 76.4 cm³/mol. The van der Waals surface area contributed by atoms with Crippen molar-refractivity contribution >= 4 is 12.4 Å². The van der Waals surface area contributed by atoms with Gasteiger partial charge in [0.2, 0.25) is 0 Å². The second-order valence-electron chi connectivity index (χ2n) is 5.22. The maximum Gasteiger partial charge on any atom is 0.0339 e. The molecular weight excluding hydrogens is 242 g/mol. The predicted octanol–water partition coefficient (Wildman–Crippen LogP) is 3.20. The van der Waals surface area contributed by atoms with Gasteiger partial charge in [0.1, 0.15) is 0 Å². The molecule has 0 saturated heterocycles. The van der Waals surface area contributed by atoms with Crippen molar-refractivity contribution in [2.45, 2.75) is 17.8 Å². The van der Waals surface area contributed by atoms with Crippen molar-refractivity contribution in [2.24, 2.45) is 5.73 Å². The van der Waals surface area contributed by atoms with Crippen LogP contribution in [0.3, 0.4) is 0 Å². The van der Waals surface area contributed by atoms with E-state index in [1.54, 1.807) is 0 Å². The Bertz CT molecular complexity index is 558.